The Morgan fingerprint density at radius 1 is 1.14 bits per heavy atom. The summed E-state index contributed by atoms with van der Waals surface area (Å²) < 4.78 is 26.2. The Bertz CT molecular complexity index is 1100. The Morgan fingerprint density at radius 3 is 2.62 bits per heavy atom. The summed E-state index contributed by atoms with van der Waals surface area (Å²) in [5.41, 5.74) is 3.39. The molecule has 0 aliphatic rings. The highest BCUT2D eigenvalue weighted by Crippen LogP contribution is 2.38. The molecule has 3 aromatic carbocycles. The first kappa shape index (κ1) is 20.6. The minimum absolute atomic E-state index is 0.227. The van der Waals surface area contributed by atoms with Crippen molar-refractivity contribution in [2.24, 2.45) is 0 Å². The van der Waals surface area contributed by atoms with Gasteiger partial charge < -0.3 is 9.47 Å². The molecule has 0 amide bonds. The molecule has 0 aliphatic carbocycles. The Balaban J connectivity index is 1.92. The molecule has 29 heavy (non-hydrogen) atoms. The second-order valence-electron chi connectivity index (χ2n) is 6.46. The van der Waals surface area contributed by atoms with Gasteiger partial charge in [0.1, 0.15) is 12.4 Å². The number of benzene rings is 3. The van der Waals surface area contributed by atoms with Crippen LogP contribution in [0.25, 0.3) is 11.6 Å². The van der Waals surface area contributed by atoms with Gasteiger partial charge in [-0.05, 0) is 58.3 Å². The first-order valence-electron chi connectivity index (χ1n) is 8.94. The molecule has 0 N–H and O–H groups in total. The van der Waals surface area contributed by atoms with Crippen LogP contribution in [0.15, 0.2) is 65.1 Å². The van der Waals surface area contributed by atoms with Crippen molar-refractivity contribution in [3.05, 3.63) is 93.2 Å². The highest BCUT2D eigenvalue weighted by Gasteiger charge is 2.13. The largest absolute Gasteiger partial charge is 0.493 e. The number of rotatable bonds is 6. The number of nitriles is 1. The molecule has 0 atom stereocenters. The minimum atomic E-state index is -0.440. The van der Waals surface area contributed by atoms with Crippen LogP contribution < -0.4 is 9.47 Å². The molecule has 3 nitrogen and oxygen atoms in total. The number of hydrogen-bond acceptors (Lipinski definition) is 3. The molecule has 0 saturated heterocycles. The molecule has 0 spiro atoms. The first-order chi connectivity index (χ1) is 14.0. The predicted octanol–water partition coefficient (Wildman–Crippen LogP) is 6.55. The van der Waals surface area contributed by atoms with E-state index in [0.717, 1.165) is 11.1 Å². The van der Waals surface area contributed by atoms with Crippen LogP contribution in [0.1, 0.15) is 22.3 Å². The lowest BCUT2D eigenvalue weighted by Gasteiger charge is -2.14. The molecule has 0 fully saturated rings. The van der Waals surface area contributed by atoms with E-state index in [1.807, 2.05) is 31.2 Å². The summed E-state index contributed by atoms with van der Waals surface area (Å²) in [6.45, 7) is 2.42. The molecule has 0 bridgehead atoms. The highest BCUT2D eigenvalue weighted by atomic mass is 79.9. The zero-order chi connectivity index (χ0) is 20.8. The van der Waals surface area contributed by atoms with E-state index in [4.69, 9.17) is 9.47 Å². The van der Waals surface area contributed by atoms with Gasteiger partial charge in [0.05, 0.1) is 23.2 Å². The molecule has 0 aliphatic heterocycles. The van der Waals surface area contributed by atoms with Crippen LogP contribution in [-0.4, -0.2) is 7.11 Å². The Morgan fingerprint density at radius 2 is 1.93 bits per heavy atom. The van der Waals surface area contributed by atoms with Crippen LogP contribution in [0.4, 0.5) is 4.39 Å². The zero-order valence-corrected chi connectivity index (χ0v) is 17.7. The number of allylic oxidation sites excluding steroid dienone is 1. The van der Waals surface area contributed by atoms with E-state index in [9.17, 15) is 9.65 Å². The summed E-state index contributed by atoms with van der Waals surface area (Å²) in [5.74, 6) is 0.643. The van der Waals surface area contributed by atoms with Crippen molar-refractivity contribution < 1.29 is 13.9 Å². The molecule has 0 saturated carbocycles. The summed E-state index contributed by atoms with van der Waals surface area (Å²) in [4.78, 5) is 0. The lowest BCUT2D eigenvalue weighted by Crippen LogP contribution is -1.99. The Hall–Kier alpha value is -3.10. The predicted molar refractivity (Wildman–Crippen MR) is 116 cm³/mol. The SMILES string of the molecule is COc1cc(C=C(C#N)c2ccccc2F)cc(Br)c1OCc1cccc(C)c1. The van der Waals surface area contributed by atoms with Gasteiger partial charge in [-0.15, -0.1) is 0 Å². The van der Waals surface area contributed by atoms with Crippen LogP contribution in [-0.2, 0) is 6.61 Å². The summed E-state index contributed by atoms with van der Waals surface area (Å²) in [5, 5.41) is 9.50. The number of halogens is 2. The van der Waals surface area contributed by atoms with E-state index in [0.29, 0.717) is 28.1 Å². The van der Waals surface area contributed by atoms with Crippen molar-refractivity contribution in [3.8, 4) is 17.6 Å². The lowest BCUT2D eigenvalue weighted by molar-refractivity contribution is 0.282. The number of hydrogen-bond donors (Lipinski definition) is 0. The van der Waals surface area contributed by atoms with Crippen molar-refractivity contribution in [1.29, 1.82) is 5.26 Å². The van der Waals surface area contributed by atoms with Crippen molar-refractivity contribution >= 4 is 27.6 Å². The molecular formula is C24H19BrFNO2. The second-order valence-corrected chi connectivity index (χ2v) is 7.32. The van der Waals surface area contributed by atoms with Crippen LogP contribution >= 0.6 is 15.9 Å². The summed E-state index contributed by atoms with van der Waals surface area (Å²) in [6.07, 6.45) is 1.62. The fourth-order valence-electron chi connectivity index (χ4n) is 2.94. The number of aryl methyl sites for hydroxylation is 1. The summed E-state index contributed by atoms with van der Waals surface area (Å²) in [7, 11) is 1.55. The third-order valence-corrected chi connectivity index (χ3v) is 4.90. The number of nitrogens with zero attached hydrogens (tertiary/aromatic N) is 1. The Kier molecular flexibility index (Phi) is 6.69. The maximum absolute atomic E-state index is 14.1. The van der Waals surface area contributed by atoms with Gasteiger partial charge in [0.25, 0.3) is 0 Å². The van der Waals surface area contributed by atoms with E-state index < -0.39 is 5.82 Å². The topological polar surface area (TPSA) is 42.2 Å². The van der Waals surface area contributed by atoms with Gasteiger partial charge >= 0.3 is 0 Å². The average Bonchev–Trinajstić information content (AvgIpc) is 2.71. The smallest absolute Gasteiger partial charge is 0.175 e. The van der Waals surface area contributed by atoms with Gasteiger partial charge in [-0.2, -0.15) is 5.26 Å². The quantitative estimate of drug-likeness (QED) is 0.315. The van der Waals surface area contributed by atoms with Crippen LogP contribution in [0.5, 0.6) is 11.5 Å². The van der Waals surface area contributed by atoms with Crippen molar-refractivity contribution in [3.63, 3.8) is 0 Å². The van der Waals surface area contributed by atoms with Gasteiger partial charge in [-0.1, -0.05) is 48.0 Å². The summed E-state index contributed by atoms with van der Waals surface area (Å²) >= 11 is 3.52. The molecule has 3 aromatic rings. The summed E-state index contributed by atoms with van der Waals surface area (Å²) in [6, 6.07) is 19.9. The fourth-order valence-corrected chi connectivity index (χ4v) is 3.51. The maximum atomic E-state index is 14.1. The molecule has 5 heteroatoms. The van der Waals surface area contributed by atoms with E-state index in [1.165, 1.54) is 6.07 Å². The van der Waals surface area contributed by atoms with Crippen LogP contribution in [0.2, 0.25) is 0 Å². The number of ether oxygens (including phenoxy) is 2. The molecule has 0 aromatic heterocycles. The van der Waals surface area contributed by atoms with Gasteiger partial charge in [0.15, 0.2) is 11.5 Å². The third-order valence-electron chi connectivity index (χ3n) is 4.31. The van der Waals surface area contributed by atoms with Gasteiger partial charge in [0.2, 0.25) is 0 Å². The van der Waals surface area contributed by atoms with E-state index >= 15 is 0 Å². The van der Waals surface area contributed by atoms with Gasteiger partial charge in [0, 0.05) is 5.56 Å². The normalized spacial score (nSPS) is 11.1. The highest BCUT2D eigenvalue weighted by molar-refractivity contribution is 9.10. The average molecular weight is 452 g/mol. The lowest BCUT2D eigenvalue weighted by atomic mass is 10.0. The third kappa shape index (κ3) is 5.04. The molecular weight excluding hydrogens is 433 g/mol. The maximum Gasteiger partial charge on any atom is 0.175 e. The Labute approximate surface area is 178 Å². The van der Waals surface area contributed by atoms with Gasteiger partial charge in [-0.3, -0.25) is 0 Å². The van der Waals surface area contributed by atoms with Crippen molar-refractivity contribution in [2.75, 3.05) is 7.11 Å². The number of methoxy groups -OCH3 is 1. The standard InChI is InChI=1S/C24H19BrFNO2/c1-16-6-5-7-17(10-16)15-29-24-21(25)12-18(13-23(24)28-2)11-19(14-27)20-8-3-4-9-22(20)26/h3-13H,15H2,1-2H3. The van der Waals surface area contributed by atoms with E-state index in [1.54, 1.807) is 37.5 Å². The molecule has 3 rings (SSSR count). The second kappa shape index (κ2) is 9.40. The van der Waals surface area contributed by atoms with Crippen molar-refractivity contribution in [2.45, 2.75) is 13.5 Å². The van der Waals surface area contributed by atoms with Gasteiger partial charge in [-0.25, -0.2) is 4.39 Å². The first-order valence-corrected chi connectivity index (χ1v) is 9.73. The monoisotopic (exact) mass is 451 g/mol. The molecule has 0 heterocycles. The van der Waals surface area contributed by atoms with Crippen LogP contribution in [0.3, 0.4) is 0 Å². The molecule has 0 radical (unpaired) electrons. The van der Waals surface area contributed by atoms with Crippen LogP contribution in [0, 0.1) is 24.1 Å². The minimum Gasteiger partial charge on any atom is -0.493 e. The van der Waals surface area contributed by atoms with E-state index in [2.05, 4.69) is 28.1 Å². The zero-order valence-electron chi connectivity index (χ0n) is 16.1. The molecule has 146 valence electrons. The fraction of sp³-hybridized carbons (Fsp3) is 0.125. The molecule has 0 unspecified atom stereocenters. The van der Waals surface area contributed by atoms with E-state index in [-0.39, 0.29) is 11.1 Å². The van der Waals surface area contributed by atoms with Crippen molar-refractivity contribution in [1.82, 2.24) is 0 Å².